The highest BCUT2D eigenvalue weighted by Gasteiger charge is 2.31. The monoisotopic (exact) mass is 255 g/mol. The van der Waals surface area contributed by atoms with Crippen molar-refractivity contribution in [2.24, 2.45) is 0 Å². The average Bonchev–Trinajstić information content (AvgIpc) is 2.39. The molecule has 0 saturated heterocycles. The summed E-state index contributed by atoms with van der Waals surface area (Å²) in [4.78, 5) is 0. The summed E-state index contributed by atoms with van der Waals surface area (Å²) in [5.74, 6) is 0. The van der Waals surface area contributed by atoms with Crippen LogP contribution in [-0.2, 0) is 4.74 Å². The number of unbranched alkanes of at least 4 members (excludes halogenated alkanes) is 5. The summed E-state index contributed by atoms with van der Waals surface area (Å²) in [5, 5.41) is 3.32. The lowest BCUT2D eigenvalue weighted by Crippen LogP contribution is -2.44. The molecule has 0 aromatic heterocycles. The second kappa shape index (κ2) is 9.80. The molecule has 0 aliphatic heterocycles. The first-order chi connectivity index (χ1) is 8.83. The minimum Gasteiger partial charge on any atom is -0.374 e. The van der Waals surface area contributed by atoms with Crippen LogP contribution in [0.15, 0.2) is 0 Å². The molecule has 0 aromatic carbocycles. The van der Waals surface area contributed by atoms with Crippen LogP contribution in [0.5, 0.6) is 0 Å². The molecule has 1 N–H and O–H groups in total. The van der Waals surface area contributed by atoms with Gasteiger partial charge in [-0.3, -0.25) is 0 Å². The van der Waals surface area contributed by atoms with Crippen LogP contribution in [0.2, 0.25) is 0 Å². The zero-order valence-electron chi connectivity index (χ0n) is 12.6. The van der Waals surface area contributed by atoms with Gasteiger partial charge in [0.15, 0.2) is 0 Å². The number of nitrogens with one attached hydrogen (secondary N) is 1. The summed E-state index contributed by atoms with van der Waals surface area (Å²) in [5.41, 5.74) is 0.163. The Morgan fingerprint density at radius 2 is 1.61 bits per heavy atom. The molecule has 2 nitrogen and oxygen atoms in total. The Kier molecular flexibility index (Phi) is 8.70. The molecule has 108 valence electrons. The van der Waals surface area contributed by atoms with E-state index in [0.717, 1.165) is 13.2 Å². The van der Waals surface area contributed by atoms with Crippen LogP contribution in [0, 0.1) is 0 Å². The maximum Gasteiger partial charge on any atom is 0.0806 e. The third-order valence-corrected chi connectivity index (χ3v) is 4.17. The summed E-state index contributed by atoms with van der Waals surface area (Å²) >= 11 is 0. The van der Waals surface area contributed by atoms with Crippen LogP contribution in [0.25, 0.3) is 0 Å². The Hall–Kier alpha value is -0.0800. The van der Waals surface area contributed by atoms with E-state index in [9.17, 15) is 0 Å². The van der Waals surface area contributed by atoms with Gasteiger partial charge in [0.2, 0.25) is 0 Å². The summed E-state index contributed by atoms with van der Waals surface area (Å²) in [6, 6.07) is 0. The zero-order valence-corrected chi connectivity index (χ0v) is 12.6. The van der Waals surface area contributed by atoms with Crippen molar-refractivity contribution in [2.45, 2.75) is 83.2 Å². The van der Waals surface area contributed by atoms with Gasteiger partial charge in [0.05, 0.1) is 5.60 Å². The van der Waals surface area contributed by atoms with Crippen molar-refractivity contribution < 1.29 is 4.74 Å². The fourth-order valence-corrected chi connectivity index (χ4v) is 3.06. The van der Waals surface area contributed by atoms with Crippen LogP contribution in [0.1, 0.15) is 77.6 Å². The normalized spacial score (nSPS) is 19.0. The van der Waals surface area contributed by atoms with Gasteiger partial charge in [0, 0.05) is 13.2 Å². The zero-order chi connectivity index (χ0) is 13.1. The largest absolute Gasteiger partial charge is 0.374 e. The maximum absolute atomic E-state index is 6.26. The maximum atomic E-state index is 6.26. The Balaban J connectivity index is 2.10. The molecule has 1 aliphatic rings. The molecule has 1 saturated carbocycles. The average molecular weight is 255 g/mol. The lowest BCUT2D eigenvalue weighted by Gasteiger charge is -2.37. The lowest BCUT2D eigenvalue weighted by atomic mass is 9.84. The highest BCUT2D eigenvalue weighted by atomic mass is 16.5. The molecule has 2 heteroatoms. The molecule has 0 bridgehead atoms. The minimum atomic E-state index is 0.163. The van der Waals surface area contributed by atoms with E-state index in [-0.39, 0.29) is 5.60 Å². The van der Waals surface area contributed by atoms with E-state index in [4.69, 9.17) is 4.74 Å². The molecule has 1 rings (SSSR count). The molecule has 0 amide bonds. The van der Waals surface area contributed by atoms with E-state index in [1.165, 1.54) is 70.6 Å². The molecule has 0 atom stereocenters. The van der Waals surface area contributed by atoms with Crippen LogP contribution in [-0.4, -0.2) is 25.8 Å². The van der Waals surface area contributed by atoms with E-state index < -0.39 is 0 Å². The van der Waals surface area contributed by atoms with Crippen LogP contribution < -0.4 is 5.32 Å². The third-order valence-electron chi connectivity index (χ3n) is 4.17. The predicted molar refractivity (Wildman–Crippen MR) is 79.1 cm³/mol. The predicted octanol–water partition coefficient (Wildman–Crippen LogP) is 4.29. The van der Waals surface area contributed by atoms with E-state index >= 15 is 0 Å². The van der Waals surface area contributed by atoms with Crippen molar-refractivity contribution in [1.82, 2.24) is 5.32 Å². The van der Waals surface area contributed by atoms with Crippen molar-refractivity contribution in [3.63, 3.8) is 0 Å². The second-order valence-electron chi connectivity index (χ2n) is 5.89. The first kappa shape index (κ1) is 16.0. The van der Waals surface area contributed by atoms with Gasteiger partial charge in [-0.25, -0.2) is 0 Å². The first-order valence-corrected chi connectivity index (χ1v) is 8.11. The molecule has 0 heterocycles. The first-order valence-electron chi connectivity index (χ1n) is 8.11. The second-order valence-corrected chi connectivity index (χ2v) is 5.89. The molecule has 18 heavy (non-hydrogen) atoms. The Morgan fingerprint density at radius 1 is 0.944 bits per heavy atom. The molecule has 0 spiro atoms. The van der Waals surface area contributed by atoms with Gasteiger partial charge in [0.25, 0.3) is 0 Å². The standard InChI is InChI=1S/C16H33NO/c1-3-4-5-6-7-11-14-18-16(15-17-2)12-9-8-10-13-16/h17H,3-15H2,1-2H3. The van der Waals surface area contributed by atoms with Gasteiger partial charge in [-0.1, -0.05) is 58.3 Å². The quantitative estimate of drug-likeness (QED) is 0.588. The number of hydrogen-bond acceptors (Lipinski definition) is 2. The van der Waals surface area contributed by atoms with E-state index in [2.05, 4.69) is 12.2 Å². The van der Waals surface area contributed by atoms with Crippen LogP contribution in [0.3, 0.4) is 0 Å². The highest BCUT2D eigenvalue weighted by Crippen LogP contribution is 2.31. The minimum absolute atomic E-state index is 0.163. The van der Waals surface area contributed by atoms with Gasteiger partial charge in [-0.2, -0.15) is 0 Å². The van der Waals surface area contributed by atoms with Crippen LogP contribution >= 0.6 is 0 Å². The van der Waals surface area contributed by atoms with Crippen molar-refractivity contribution in [3.8, 4) is 0 Å². The summed E-state index contributed by atoms with van der Waals surface area (Å²) < 4.78 is 6.26. The molecule has 0 unspecified atom stereocenters. The van der Waals surface area contributed by atoms with Gasteiger partial charge < -0.3 is 10.1 Å². The molecular formula is C16H33NO. The number of rotatable bonds is 10. The van der Waals surface area contributed by atoms with Gasteiger partial charge in [-0.15, -0.1) is 0 Å². The van der Waals surface area contributed by atoms with E-state index in [0.29, 0.717) is 0 Å². The molecule has 1 fully saturated rings. The van der Waals surface area contributed by atoms with E-state index in [1.807, 2.05) is 7.05 Å². The Bertz CT molecular complexity index is 182. The molecule has 0 radical (unpaired) electrons. The molecule has 0 aromatic rings. The van der Waals surface area contributed by atoms with Crippen molar-refractivity contribution in [2.75, 3.05) is 20.2 Å². The third kappa shape index (κ3) is 6.19. The van der Waals surface area contributed by atoms with E-state index in [1.54, 1.807) is 0 Å². The smallest absolute Gasteiger partial charge is 0.0806 e. The number of hydrogen-bond donors (Lipinski definition) is 1. The number of likely N-dealkylation sites (N-methyl/N-ethyl adjacent to an activating group) is 1. The topological polar surface area (TPSA) is 21.3 Å². The van der Waals surface area contributed by atoms with Crippen molar-refractivity contribution >= 4 is 0 Å². The number of ether oxygens (including phenoxy) is 1. The van der Waals surface area contributed by atoms with Crippen molar-refractivity contribution in [1.29, 1.82) is 0 Å². The lowest BCUT2D eigenvalue weighted by molar-refractivity contribution is -0.0686. The molecule has 1 aliphatic carbocycles. The van der Waals surface area contributed by atoms with Gasteiger partial charge in [-0.05, 0) is 26.3 Å². The summed E-state index contributed by atoms with van der Waals surface area (Å²) in [7, 11) is 2.05. The fraction of sp³-hybridized carbons (Fsp3) is 1.00. The Labute approximate surface area is 114 Å². The van der Waals surface area contributed by atoms with Gasteiger partial charge >= 0.3 is 0 Å². The highest BCUT2D eigenvalue weighted by molar-refractivity contribution is 4.86. The van der Waals surface area contributed by atoms with Crippen molar-refractivity contribution in [3.05, 3.63) is 0 Å². The SMILES string of the molecule is CCCCCCCCOC1(CNC)CCCCC1. The summed E-state index contributed by atoms with van der Waals surface area (Å²) in [6.07, 6.45) is 14.7. The summed E-state index contributed by atoms with van der Waals surface area (Å²) in [6.45, 7) is 4.27. The van der Waals surface area contributed by atoms with Gasteiger partial charge in [0.1, 0.15) is 0 Å². The fourth-order valence-electron chi connectivity index (χ4n) is 3.06. The Morgan fingerprint density at radius 3 is 2.28 bits per heavy atom. The molecular weight excluding hydrogens is 222 g/mol. The van der Waals surface area contributed by atoms with Crippen LogP contribution in [0.4, 0.5) is 0 Å².